The average molecular weight is 276 g/mol. The van der Waals surface area contributed by atoms with Gasteiger partial charge in [0.15, 0.2) is 0 Å². The van der Waals surface area contributed by atoms with Crippen LogP contribution in [0.4, 0.5) is 0 Å². The standard InChI is InChI=1S/C14H16N2O4/c1-18-13-6-4-12(5-7-13)11-19-8-2-3-9-20-14(17)10-16-15/h2-7,10H,8-9,11H2,1H3/b3-2+. The second kappa shape index (κ2) is 9.49. The van der Waals surface area contributed by atoms with Crippen molar-refractivity contribution in [2.24, 2.45) is 0 Å². The Hall–Kier alpha value is -2.43. The topological polar surface area (TPSA) is 81.2 Å². The van der Waals surface area contributed by atoms with Gasteiger partial charge in [0, 0.05) is 0 Å². The Morgan fingerprint density at radius 1 is 1.25 bits per heavy atom. The number of carbonyl (C=O) groups is 1. The molecule has 1 rings (SSSR count). The smallest absolute Gasteiger partial charge is 0.413 e. The molecule has 0 amide bonds. The minimum absolute atomic E-state index is 0.108. The monoisotopic (exact) mass is 276 g/mol. The van der Waals surface area contributed by atoms with Gasteiger partial charge in [-0.15, -0.1) is 0 Å². The summed E-state index contributed by atoms with van der Waals surface area (Å²) >= 11 is 0. The van der Waals surface area contributed by atoms with E-state index in [9.17, 15) is 4.79 Å². The van der Waals surface area contributed by atoms with Crippen molar-refractivity contribution in [1.29, 1.82) is 0 Å². The highest BCUT2D eigenvalue weighted by molar-refractivity contribution is 6.20. The average Bonchev–Trinajstić information content (AvgIpc) is 2.47. The van der Waals surface area contributed by atoms with E-state index in [1.807, 2.05) is 24.3 Å². The van der Waals surface area contributed by atoms with E-state index in [1.54, 1.807) is 19.3 Å². The van der Waals surface area contributed by atoms with Gasteiger partial charge in [-0.2, -0.15) is 4.79 Å². The number of hydrogen-bond acceptors (Lipinski definition) is 4. The zero-order valence-electron chi connectivity index (χ0n) is 11.2. The molecule has 6 nitrogen and oxygen atoms in total. The van der Waals surface area contributed by atoms with Gasteiger partial charge in [0.05, 0.1) is 20.3 Å². The lowest BCUT2D eigenvalue weighted by Gasteiger charge is -2.03. The van der Waals surface area contributed by atoms with E-state index >= 15 is 0 Å². The fourth-order valence-electron chi connectivity index (χ4n) is 1.32. The predicted octanol–water partition coefficient (Wildman–Crippen LogP) is 1.61. The molecule has 0 N–H and O–H groups in total. The quantitative estimate of drug-likeness (QED) is 0.180. The zero-order chi connectivity index (χ0) is 14.6. The Bertz CT molecular complexity index is 490. The number of ether oxygens (including phenoxy) is 3. The maximum absolute atomic E-state index is 10.8. The van der Waals surface area contributed by atoms with Crippen LogP contribution in [-0.2, 0) is 20.9 Å². The lowest BCUT2D eigenvalue weighted by atomic mass is 10.2. The summed E-state index contributed by atoms with van der Waals surface area (Å²) in [5, 5.41) is 0. The molecule has 1 aromatic carbocycles. The van der Waals surface area contributed by atoms with Crippen LogP contribution in [0.3, 0.4) is 0 Å². The van der Waals surface area contributed by atoms with E-state index in [1.165, 1.54) is 0 Å². The van der Waals surface area contributed by atoms with Crippen LogP contribution in [-0.4, -0.2) is 37.3 Å². The van der Waals surface area contributed by atoms with Gasteiger partial charge in [0.1, 0.15) is 12.4 Å². The third-order valence-corrected chi connectivity index (χ3v) is 2.29. The third kappa shape index (κ3) is 6.49. The van der Waals surface area contributed by atoms with E-state index in [2.05, 4.69) is 9.53 Å². The Morgan fingerprint density at radius 3 is 2.60 bits per heavy atom. The summed E-state index contributed by atoms with van der Waals surface area (Å²) in [6.07, 6.45) is 4.08. The van der Waals surface area contributed by atoms with Crippen LogP contribution in [0, 0.1) is 0 Å². The van der Waals surface area contributed by atoms with Crippen molar-refractivity contribution in [3.63, 3.8) is 0 Å². The number of carbonyl (C=O) groups excluding carboxylic acids is 1. The summed E-state index contributed by atoms with van der Waals surface area (Å²) in [6.45, 7) is 1.01. The number of esters is 1. The van der Waals surface area contributed by atoms with E-state index in [0.717, 1.165) is 11.3 Å². The molecule has 106 valence electrons. The van der Waals surface area contributed by atoms with Gasteiger partial charge in [0.2, 0.25) is 0 Å². The first kappa shape index (κ1) is 15.6. The molecule has 6 heteroatoms. The van der Waals surface area contributed by atoms with Crippen molar-refractivity contribution in [2.45, 2.75) is 6.61 Å². The van der Waals surface area contributed by atoms with Crippen LogP contribution in [0.2, 0.25) is 0 Å². The van der Waals surface area contributed by atoms with Crippen molar-refractivity contribution in [3.05, 3.63) is 47.5 Å². The van der Waals surface area contributed by atoms with Crippen molar-refractivity contribution in [2.75, 3.05) is 20.3 Å². The van der Waals surface area contributed by atoms with Crippen molar-refractivity contribution in [3.8, 4) is 5.75 Å². The van der Waals surface area contributed by atoms with Crippen LogP contribution in [0.25, 0.3) is 5.53 Å². The normalized spacial score (nSPS) is 10.1. The highest BCUT2D eigenvalue weighted by Crippen LogP contribution is 2.11. The van der Waals surface area contributed by atoms with Gasteiger partial charge in [-0.25, -0.2) is 4.79 Å². The highest BCUT2D eigenvalue weighted by Gasteiger charge is 1.99. The Balaban J connectivity index is 2.14. The lowest BCUT2D eigenvalue weighted by Crippen LogP contribution is -2.05. The molecular weight excluding hydrogens is 260 g/mol. The molecule has 0 spiro atoms. The van der Waals surface area contributed by atoms with Crippen LogP contribution < -0.4 is 4.74 Å². The van der Waals surface area contributed by atoms with E-state index < -0.39 is 5.97 Å². The van der Waals surface area contributed by atoms with Crippen LogP contribution in [0.1, 0.15) is 5.56 Å². The number of nitrogens with zero attached hydrogens (tertiary/aromatic N) is 2. The first-order valence-corrected chi connectivity index (χ1v) is 5.96. The first-order valence-electron chi connectivity index (χ1n) is 5.96. The maximum atomic E-state index is 10.8. The molecule has 0 aliphatic carbocycles. The van der Waals surface area contributed by atoms with E-state index in [-0.39, 0.29) is 6.61 Å². The zero-order valence-corrected chi connectivity index (χ0v) is 11.2. The molecule has 0 unspecified atom stereocenters. The number of benzene rings is 1. The van der Waals surface area contributed by atoms with Crippen molar-refractivity contribution < 1.29 is 23.8 Å². The summed E-state index contributed by atoms with van der Waals surface area (Å²) in [4.78, 5) is 13.3. The number of methoxy groups -OCH3 is 1. The molecule has 1 aromatic rings. The molecule has 0 radical (unpaired) electrons. The van der Waals surface area contributed by atoms with Gasteiger partial charge < -0.3 is 19.7 Å². The summed E-state index contributed by atoms with van der Waals surface area (Å²) in [6, 6.07) is 7.60. The summed E-state index contributed by atoms with van der Waals surface area (Å²) in [5.74, 6) is 0.109. The number of rotatable bonds is 8. The Morgan fingerprint density at radius 2 is 1.95 bits per heavy atom. The van der Waals surface area contributed by atoms with E-state index in [0.29, 0.717) is 19.4 Å². The van der Waals surface area contributed by atoms with Gasteiger partial charge in [-0.3, -0.25) is 0 Å². The minimum Gasteiger partial charge on any atom is -0.497 e. The van der Waals surface area contributed by atoms with Gasteiger partial charge in [-0.05, 0) is 23.8 Å². The first-order chi connectivity index (χ1) is 9.76. The SMILES string of the molecule is COc1ccc(COC/C=C/COC(=O)C=[N+]=[N-])cc1. The predicted molar refractivity (Wildman–Crippen MR) is 72.4 cm³/mol. The van der Waals surface area contributed by atoms with Crippen LogP contribution in [0.15, 0.2) is 36.4 Å². The summed E-state index contributed by atoms with van der Waals surface area (Å²) in [7, 11) is 1.62. The largest absolute Gasteiger partial charge is 0.497 e. The molecule has 0 aromatic heterocycles. The highest BCUT2D eigenvalue weighted by atomic mass is 16.5. The maximum Gasteiger partial charge on any atom is 0.413 e. The Kier molecular flexibility index (Phi) is 7.42. The molecule has 0 fully saturated rings. The van der Waals surface area contributed by atoms with Crippen molar-refractivity contribution >= 4 is 12.2 Å². The number of hydrogen-bond donors (Lipinski definition) is 0. The minimum atomic E-state index is -0.698. The third-order valence-electron chi connectivity index (χ3n) is 2.29. The summed E-state index contributed by atoms with van der Waals surface area (Å²) in [5.41, 5.74) is 9.12. The molecule has 0 heterocycles. The lowest BCUT2D eigenvalue weighted by molar-refractivity contribution is -0.137. The molecule has 0 aliphatic heterocycles. The molecule has 0 bridgehead atoms. The fraction of sp³-hybridized carbons (Fsp3) is 0.286. The van der Waals surface area contributed by atoms with Crippen LogP contribution >= 0.6 is 0 Å². The van der Waals surface area contributed by atoms with Gasteiger partial charge >= 0.3 is 12.2 Å². The van der Waals surface area contributed by atoms with Crippen LogP contribution in [0.5, 0.6) is 5.75 Å². The fourth-order valence-corrected chi connectivity index (χ4v) is 1.32. The molecule has 0 saturated heterocycles. The molecule has 0 saturated carbocycles. The van der Waals surface area contributed by atoms with Gasteiger partial charge in [-0.1, -0.05) is 18.2 Å². The van der Waals surface area contributed by atoms with E-state index in [4.69, 9.17) is 15.0 Å². The molecule has 0 atom stereocenters. The molecular formula is C14H16N2O4. The summed E-state index contributed by atoms with van der Waals surface area (Å²) < 4.78 is 15.1. The second-order valence-corrected chi connectivity index (χ2v) is 3.71. The van der Waals surface area contributed by atoms with Crippen molar-refractivity contribution in [1.82, 2.24) is 0 Å². The molecule has 0 aliphatic rings. The van der Waals surface area contributed by atoms with Gasteiger partial charge in [0.25, 0.3) is 0 Å². The second-order valence-electron chi connectivity index (χ2n) is 3.71. The Labute approximate surface area is 117 Å². The molecule has 20 heavy (non-hydrogen) atoms.